The fourth-order valence-corrected chi connectivity index (χ4v) is 2.90. The third-order valence-electron chi connectivity index (χ3n) is 4.31. The first-order valence-corrected chi connectivity index (χ1v) is 7.99. The van der Waals surface area contributed by atoms with Crippen molar-refractivity contribution in [2.24, 2.45) is 4.99 Å². The van der Waals surface area contributed by atoms with Crippen molar-refractivity contribution in [3.63, 3.8) is 0 Å². The molecule has 2 aliphatic heterocycles. The van der Waals surface area contributed by atoms with E-state index in [0.717, 1.165) is 57.1 Å². The fourth-order valence-electron chi connectivity index (χ4n) is 2.90. The maximum absolute atomic E-state index is 10.5. The molecule has 0 bridgehead atoms. The monoisotopic (exact) mass is 304 g/mol. The molecule has 1 aromatic rings. The topological polar surface area (TPSA) is 70.0 Å². The highest BCUT2D eigenvalue weighted by Gasteiger charge is 2.29. The summed E-state index contributed by atoms with van der Waals surface area (Å²) >= 11 is 0. The SMILES string of the molecule is OC1(CCNC2=NCCN2Cc2ccccn2)CCOCC1. The second kappa shape index (κ2) is 7.07. The van der Waals surface area contributed by atoms with Crippen molar-refractivity contribution in [2.45, 2.75) is 31.4 Å². The first-order chi connectivity index (χ1) is 10.8. The van der Waals surface area contributed by atoms with Crippen LogP contribution in [-0.4, -0.2) is 59.4 Å². The van der Waals surface area contributed by atoms with E-state index in [-0.39, 0.29) is 0 Å². The number of hydrogen-bond donors (Lipinski definition) is 2. The third kappa shape index (κ3) is 3.96. The Balaban J connectivity index is 1.47. The standard InChI is InChI=1S/C16H24N4O2/c21-16(5-11-22-12-6-16)4-8-18-15-19-9-10-20(15)13-14-3-1-2-7-17-14/h1-3,7,21H,4-6,8-13H2,(H,18,19). The van der Waals surface area contributed by atoms with Crippen LogP contribution in [-0.2, 0) is 11.3 Å². The van der Waals surface area contributed by atoms with Crippen LogP contribution in [0, 0.1) is 0 Å². The smallest absolute Gasteiger partial charge is 0.194 e. The van der Waals surface area contributed by atoms with E-state index in [9.17, 15) is 5.11 Å². The molecule has 0 atom stereocenters. The number of hydrogen-bond acceptors (Lipinski definition) is 6. The Labute approximate surface area is 131 Å². The maximum atomic E-state index is 10.5. The molecule has 120 valence electrons. The molecular formula is C16H24N4O2. The second-order valence-corrected chi connectivity index (χ2v) is 5.96. The zero-order chi connectivity index (χ0) is 15.3. The summed E-state index contributed by atoms with van der Waals surface area (Å²) in [6.45, 7) is 4.54. The summed E-state index contributed by atoms with van der Waals surface area (Å²) in [5, 5.41) is 13.8. The van der Waals surface area contributed by atoms with Crippen molar-refractivity contribution in [1.82, 2.24) is 15.2 Å². The van der Waals surface area contributed by atoms with E-state index < -0.39 is 5.60 Å². The van der Waals surface area contributed by atoms with Crippen molar-refractivity contribution in [2.75, 3.05) is 32.8 Å². The van der Waals surface area contributed by atoms with E-state index in [4.69, 9.17) is 4.74 Å². The average Bonchev–Trinajstić information content (AvgIpc) is 2.96. The first-order valence-electron chi connectivity index (χ1n) is 7.99. The molecule has 3 heterocycles. The minimum atomic E-state index is -0.587. The van der Waals surface area contributed by atoms with E-state index in [1.54, 1.807) is 0 Å². The lowest BCUT2D eigenvalue weighted by atomic mass is 9.91. The van der Waals surface area contributed by atoms with Crippen molar-refractivity contribution in [1.29, 1.82) is 0 Å². The molecule has 0 saturated carbocycles. The Kier molecular flexibility index (Phi) is 4.90. The summed E-state index contributed by atoms with van der Waals surface area (Å²) in [6, 6.07) is 5.96. The minimum Gasteiger partial charge on any atom is -0.390 e. The van der Waals surface area contributed by atoms with Crippen molar-refractivity contribution >= 4 is 5.96 Å². The Morgan fingerprint density at radius 1 is 1.32 bits per heavy atom. The van der Waals surface area contributed by atoms with E-state index in [1.807, 2.05) is 24.4 Å². The van der Waals surface area contributed by atoms with Crippen LogP contribution in [0.4, 0.5) is 0 Å². The van der Waals surface area contributed by atoms with Crippen molar-refractivity contribution < 1.29 is 9.84 Å². The predicted octanol–water partition coefficient (Wildman–Crippen LogP) is 0.774. The van der Waals surface area contributed by atoms with Gasteiger partial charge in [-0.25, -0.2) is 0 Å². The Hall–Kier alpha value is -1.66. The van der Waals surface area contributed by atoms with Gasteiger partial charge in [0.25, 0.3) is 0 Å². The largest absolute Gasteiger partial charge is 0.390 e. The molecule has 2 N–H and O–H groups in total. The number of aliphatic hydroxyl groups is 1. The molecule has 1 saturated heterocycles. The summed E-state index contributed by atoms with van der Waals surface area (Å²) in [4.78, 5) is 11.1. The number of aliphatic imine (C=N–C) groups is 1. The number of guanidine groups is 1. The highest BCUT2D eigenvalue weighted by Crippen LogP contribution is 2.23. The van der Waals surface area contributed by atoms with Gasteiger partial charge in [-0.1, -0.05) is 6.07 Å². The van der Waals surface area contributed by atoms with Crippen molar-refractivity contribution in [3.8, 4) is 0 Å². The summed E-state index contributed by atoms with van der Waals surface area (Å²) in [6.07, 6.45) is 3.99. The molecule has 0 spiro atoms. The lowest BCUT2D eigenvalue weighted by Crippen LogP contribution is -2.43. The number of pyridine rings is 1. The number of ether oxygens (including phenoxy) is 1. The molecule has 6 heteroatoms. The lowest BCUT2D eigenvalue weighted by Gasteiger charge is -2.32. The molecule has 3 rings (SSSR count). The van der Waals surface area contributed by atoms with Crippen LogP contribution in [0.2, 0.25) is 0 Å². The van der Waals surface area contributed by atoms with Gasteiger partial charge in [0.15, 0.2) is 5.96 Å². The van der Waals surface area contributed by atoms with Crippen LogP contribution in [0.3, 0.4) is 0 Å². The third-order valence-corrected chi connectivity index (χ3v) is 4.31. The predicted molar refractivity (Wildman–Crippen MR) is 84.6 cm³/mol. The Morgan fingerprint density at radius 2 is 2.18 bits per heavy atom. The number of nitrogens with zero attached hydrogens (tertiary/aromatic N) is 3. The van der Waals surface area contributed by atoms with Gasteiger partial charge in [0.2, 0.25) is 0 Å². The molecule has 1 fully saturated rings. The molecule has 0 amide bonds. The Bertz CT molecular complexity index is 500. The highest BCUT2D eigenvalue weighted by atomic mass is 16.5. The molecule has 6 nitrogen and oxygen atoms in total. The summed E-state index contributed by atoms with van der Waals surface area (Å²) in [5.74, 6) is 0.918. The van der Waals surface area contributed by atoms with Crippen LogP contribution in [0.5, 0.6) is 0 Å². The molecule has 1 aromatic heterocycles. The first kappa shape index (κ1) is 15.2. The van der Waals surface area contributed by atoms with Gasteiger partial charge >= 0.3 is 0 Å². The quantitative estimate of drug-likeness (QED) is 0.841. The van der Waals surface area contributed by atoms with Gasteiger partial charge in [-0.05, 0) is 31.4 Å². The van der Waals surface area contributed by atoms with Gasteiger partial charge in [-0.2, -0.15) is 0 Å². The van der Waals surface area contributed by atoms with Crippen molar-refractivity contribution in [3.05, 3.63) is 30.1 Å². The van der Waals surface area contributed by atoms with Gasteiger partial charge < -0.3 is 20.1 Å². The number of aromatic nitrogens is 1. The number of rotatable bonds is 5. The van der Waals surface area contributed by atoms with Gasteiger partial charge in [-0.3, -0.25) is 9.98 Å². The highest BCUT2D eigenvalue weighted by molar-refractivity contribution is 5.81. The van der Waals surface area contributed by atoms with E-state index in [0.29, 0.717) is 13.2 Å². The van der Waals surface area contributed by atoms with Crippen LogP contribution < -0.4 is 5.32 Å². The molecule has 0 aliphatic carbocycles. The van der Waals surface area contributed by atoms with E-state index in [2.05, 4.69) is 20.2 Å². The van der Waals surface area contributed by atoms with Gasteiger partial charge in [-0.15, -0.1) is 0 Å². The maximum Gasteiger partial charge on any atom is 0.194 e. The summed E-state index contributed by atoms with van der Waals surface area (Å²) < 4.78 is 5.31. The van der Waals surface area contributed by atoms with Crippen LogP contribution >= 0.6 is 0 Å². The van der Waals surface area contributed by atoms with Gasteiger partial charge in [0, 0.05) is 32.5 Å². The van der Waals surface area contributed by atoms with Crippen LogP contribution in [0.25, 0.3) is 0 Å². The van der Waals surface area contributed by atoms with Gasteiger partial charge in [0.1, 0.15) is 0 Å². The Morgan fingerprint density at radius 3 is 2.95 bits per heavy atom. The van der Waals surface area contributed by atoms with E-state index >= 15 is 0 Å². The van der Waals surface area contributed by atoms with E-state index in [1.165, 1.54) is 0 Å². The van der Waals surface area contributed by atoms with Crippen LogP contribution in [0.15, 0.2) is 29.4 Å². The normalized spacial score (nSPS) is 20.8. The zero-order valence-corrected chi connectivity index (χ0v) is 12.9. The van der Waals surface area contributed by atoms with Gasteiger partial charge in [0.05, 0.1) is 24.4 Å². The molecule has 2 aliphatic rings. The zero-order valence-electron chi connectivity index (χ0n) is 12.9. The summed E-state index contributed by atoms with van der Waals surface area (Å²) in [5.41, 5.74) is 0.456. The fraction of sp³-hybridized carbons (Fsp3) is 0.625. The molecule has 0 unspecified atom stereocenters. The molecule has 0 aromatic carbocycles. The molecule has 0 radical (unpaired) electrons. The molecular weight excluding hydrogens is 280 g/mol. The second-order valence-electron chi connectivity index (χ2n) is 5.96. The summed E-state index contributed by atoms with van der Waals surface area (Å²) in [7, 11) is 0. The lowest BCUT2D eigenvalue weighted by molar-refractivity contribution is -0.0669. The molecule has 22 heavy (non-hydrogen) atoms. The average molecular weight is 304 g/mol. The number of nitrogens with one attached hydrogen (secondary N) is 1. The van der Waals surface area contributed by atoms with Crippen LogP contribution in [0.1, 0.15) is 25.0 Å². The minimum absolute atomic E-state index is 0.587.